The number of carbonyl (C=O) groups is 2. The first-order valence-corrected chi connectivity index (χ1v) is 8.32. The highest BCUT2D eigenvalue weighted by molar-refractivity contribution is 5.94. The lowest BCUT2D eigenvalue weighted by Crippen LogP contribution is -2.47. The molecule has 5 heteroatoms. The molecule has 1 N–H and O–H groups in total. The Labute approximate surface area is 137 Å². The van der Waals surface area contributed by atoms with Crippen LogP contribution < -0.4 is 0 Å². The fraction of sp³-hybridized carbons (Fsp3) is 0.556. The molecule has 2 amide bonds. The van der Waals surface area contributed by atoms with Crippen molar-refractivity contribution >= 4 is 11.8 Å². The van der Waals surface area contributed by atoms with Crippen LogP contribution >= 0.6 is 0 Å². The summed E-state index contributed by atoms with van der Waals surface area (Å²) in [4.78, 5) is 28.6. The summed E-state index contributed by atoms with van der Waals surface area (Å²) in [6.45, 7) is 5.98. The number of likely N-dealkylation sites (N-methyl/N-ethyl adjacent to an activating group) is 1. The van der Waals surface area contributed by atoms with Crippen LogP contribution in [0.15, 0.2) is 24.3 Å². The fourth-order valence-electron chi connectivity index (χ4n) is 3.04. The molecule has 23 heavy (non-hydrogen) atoms. The molecule has 1 atom stereocenters. The van der Waals surface area contributed by atoms with E-state index < -0.39 is 0 Å². The Morgan fingerprint density at radius 1 is 1.30 bits per heavy atom. The predicted molar refractivity (Wildman–Crippen MR) is 89.1 cm³/mol. The number of aryl methyl sites for hydroxylation is 1. The predicted octanol–water partition coefficient (Wildman–Crippen LogP) is 1.69. The van der Waals surface area contributed by atoms with Crippen LogP contribution in [0.4, 0.5) is 0 Å². The zero-order chi connectivity index (χ0) is 16.8. The number of aliphatic hydroxyl groups is 1. The van der Waals surface area contributed by atoms with E-state index in [1.54, 1.807) is 9.80 Å². The van der Waals surface area contributed by atoms with Crippen LogP contribution in [-0.2, 0) is 4.79 Å². The largest absolute Gasteiger partial charge is 0.395 e. The number of piperidine rings is 1. The molecule has 2 rings (SSSR count). The van der Waals surface area contributed by atoms with E-state index in [0.29, 0.717) is 31.7 Å². The zero-order valence-electron chi connectivity index (χ0n) is 14.0. The Hall–Kier alpha value is -1.88. The first-order valence-electron chi connectivity index (χ1n) is 8.32. The van der Waals surface area contributed by atoms with Crippen LogP contribution in [0.2, 0.25) is 0 Å². The molecule has 5 nitrogen and oxygen atoms in total. The van der Waals surface area contributed by atoms with Gasteiger partial charge >= 0.3 is 0 Å². The molecule has 1 aliphatic rings. The van der Waals surface area contributed by atoms with Gasteiger partial charge in [0.1, 0.15) is 0 Å². The summed E-state index contributed by atoms with van der Waals surface area (Å²) in [7, 11) is 0. The Bertz CT molecular complexity index is 542. The Balaban J connectivity index is 2.03. The molecule has 1 aromatic rings. The minimum Gasteiger partial charge on any atom is -0.395 e. The summed E-state index contributed by atoms with van der Waals surface area (Å²) >= 11 is 0. The Morgan fingerprint density at radius 2 is 2.00 bits per heavy atom. The van der Waals surface area contributed by atoms with Crippen molar-refractivity contribution < 1.29 is 14.7 Å². The van der Waals surface area contributed by atoms with Crippen molar-refractivity contribution in [1.29, 1.82) is 0 Å². The zero-order valence-corrected chi connectivity index (χ0v) is 14.0. The molecule has 0 radical (unpaired) electrons. The number of hydrogen-bond acceptors (Lipinski definition) is 3. The highest BCUT2D eigenvalue weighted by Crippen LogP contribution is 2.21. The fourth-order valence-corrected chi connectivity index (χ4v) is 3.04. The van der Waals surface area contributed by atoms with Gasteiger partial charge in [-0.25, -0.2) is 0 Å². The van der Waals surface area contributed by atoms with Crippen LogP contribution in [0.3, 0.4) is 0 Å². The smallest absolute Gasteiger partial charge is 0.253 e. The van der Waals surface area contributed by atoms with Crippen LogP contribution in [0.5, 0.6) is 0 Å². The number of likely N-dealkylation sites (tertiary alicyclic amines) is 1. The lowest BCUT2D eigenvalue weighted by Gasteiger charge is -2.34. The molecule has 0 spiro atoms. The second kappa shape index (κ2) is 8.11. The van der Waals surface area contributed by atoms with E-state index in [9.17, 15) is 9.59 Å². The maximum Gasteiger partial charge on any atom is 0.253 e. The molecule has 126 valence electrons. The van der Waals surface area contributed by atoms with E-state index in [-0.39, 0.29) is 24.3 Å². The molecule has 1 heterocycles. The van der Waals surface area contributed by atoms with Gasteiger partial charge in [-0.05, 0) is 38.8 Å². The standard InChI is InChI=1S/C18H26N2O3/c1-3-19(11-12-21)18(23)16-5-4-10-20(13-16)17(22)15-8-6-14(2)7-9-15/h6-9,16,21H,3-5,10-13H2,1-2H3. The summed E-state index contributed by atoms with van der Waals surface area (Å²) < 4.78 is 0. The van der Waals surface area contributed by atoms with Crippen molar-refractivity contribution in [3.63, 3.8) is 0 Å². The van der Waals surface area contributed by atoms with Gasteiger partial charge in [0.15, 0.2) is 0 Å². The van der Waals surface area contributed by atoms with Crippen molar-refractivity contribution in [2.45, 2.75) is 26.7 Å². The second-order valence-corrected chi connectivity index (χ2v) is 6.10. The lowest BCUT2D eigenvalue weighted by molar-refractivity contribution is -0.137. The quantitative estimate of drug-likeness (QED) is 0.899. The van der Waals surface area contributed by atoms with Gasteiger partial charge in [0, 0.05) is 31.7 Å². The van der Waals surface area contributed by atoms with Gasteiger partial charge in [-0.2, -0.15) is 0 Å². The first kappa shape index (κ1) is 17.5. The maximum absolute atomic E-state index is 12.6. The second-order valence-electron chi connectivity index (χ2n) is 6.10. The summed E-state index contributed by atoms with van der Waals surface area (Å²) in [6.07, 6.45) is 1.64. The molecule has 1 saturated heterocycles. The van der Waals surface area contributed by atoms with Crippen LogP contribution in [0.1, 0.15) is 35.7 Å². The van der Waals surface area contributed by atoms with E-state index in [1.165, 1.54) is 0 Å². The minimum atomic E-state index is -0.162. The highest BCUT2D eigenvalue weighted by Gasteiger charge is 2.31. The molecule has 0 aliphatic carbocycles. The van der Waals surface area contributed by atoms with E-state index >= 15 is 0 Å². The maximum atomic E-state index is 12.6. The number of nitrogens with zero attached hydrogens (tertiary/aromatic N) is 2. The molecule has 0 bridgehead atoms. The molecule has 1 aliphatic heterocycles. The molecule has 0 aromatic heterocycles. The van der Waals surface area contributed by atoms with Crippen LogP contribution in [-0.4, -0.2) is 59.5 Å². The highest BCUT2D eigenvalue weighted by atomic mass is 16.3. The third-order valence-electron chi connectivity index (χ3n) is 4.42. The van der Waals surface area contributed by atoms with Crippen molar-refractivity contribution in [3.8, 4) is 0 Å². The third kappa shape index (κ3) is 4.32. The number of carbonyl (C=O) groups excluding carboxylic acids is 2. The summed E-state index contributed by atoms with van der Waals surface area (Å²) in [5.74, 6) is -0.125. The average Bonchev–Trinajstić information content (AvgIpc) is 2.59. The normalized spacial score (nSPS) is 17.9. The van der Waals surface area contributed by atoms with Crippen molar-refractivity contribution in [2.24, 2.45) is 5.92 Å². The van der Waals surface area contributed by atoms with Crippen molar-refractivity contribution in [2.75, 3.05) is 32.8 Å². The number of benzene rings is 1. The Kier molecular flexibility index (Phi) is 6.16. The van der Waals surface area contributed by atoms with Crippen molar-refractivity contribution in [3.05, 3.63) is 35.4 Å². The van der Waals surface area contributed by atoms with Gasteiger partial charge in [0.05, 0.1) is 12.5 Å². The lowest BCUT2D eigenvalue weighted by atomic mass is 9.95. The van der Waals surface area contributed by atoms with Gasteiger partial charge in [0.25, 0.3) is 5.91 Å². The monoisotopic (exact) mass is 318 g/mol. The van der Waals surface area contributed by atoms with Crippen LogP contribution in [0, 0.1) is 12.8 Å². The van der Waals surface area contributed by atoms with E-state index in [2.05, 4.69) is 0 Å². The molecule has 1 fully saturated rings. The van der Waals surface area contributed by atoms with E-state index in [0.717, 1.165) is 18.4 Å². The van der Waals surface area contributed by atoms with Crippen LogP contribution in [0.25, 0.3) is 0 Å². The average molecular weight is 318 g/mol. The summed E-state index contributed by atoms with van der Waals surface area (Å²) in [5.41, 5.74) is 1.79. The number of aliphatic hydroxyl groups excluding tert-OH is 1. The summed E-state index contributed by atoms with van der Waals surface area (Å²) in [5, 5.41) is 9.07. The van der Waals surface area contributed by atoms with Gasteiger partial charge in [-0.15, -0.1) is 0 Å². The molecular formula is C18H26N2O3. The molecule has 0 saturated carbocycles. The number of hydrogen-bond donors (Lipinski definition) is 1. The Morgan fingerprint density at radius 3 is 2.61 bits per heavy atom. The summed E-state index contributed by atoms with van der Waals surface area (Å²) in [6, 6.07) is 7.54. The molecular weight excluding hydrogens is 292 g/mol. The molecule has 1 aromatic carbocycles. The van der Waals surface area contributed by atoms with Crippen molar-refractivity contribution in [1.82, 2.24) is 9.80 Å². The molecule has 1 unspecified atom stereocenters. The van der Waals surface area contributed by atoms with Gasteiger partial charge in [-0.1, -0.05) is 17.7 Å². The van der Waals surface area contributed by atoms with Gasteiger partial charge < -0.3 is 14.9 Å². The first-order chi connectivity index (χ1) is 11.1. The number of amides is 2. The third-order valence-corrected chi connectivity index (χ3v) is 4.42. The number of rotatable bonds is 5. The topological polar surface area (TPSA) is 60.9 Å². The van der Waals surface area contributed by atoms with Gasteiger partial charge in [-0.3, -0.25) is 9.59 Å². The SMILES string of the molecule is CCN(CCO)C(=O)C1CCCN(C(=O)c2ccc(C)cc2)C1. The van der Waals surface area contributed by atoms with Gasteiger partial charge in [0.2, 0.25) is 5.91 Å². The van der Waals surface area contributed by atoms with E-state index in [1.807, 2.05) is 38.1 Å². The van der Waals surface area contributed by atoms with E-state index in [4.69, 9.17) is 5.11 Å². The minimum absolute atomic E-state index is 0.00675.